The van der Waals surface area contributed by atoms with Gasteiger partial charge in [0.05, 0.1) is 10.6 Å². The van der Waals surface area contributed by atoms with Crippen LogP contribution in [0.2, 0.25) is 0 Å². The van der Waals surface area contributed by atoms with E-state index in [0.29, 0.717) is 0 Å². The summed E-state index contributed by atoms with van der Waals surface area (Å²) in [6.45, 7) is 5.29. The number of hydrogen-bond acceptors (Lipinski definition) is 3. The summed E-state index contributed by atoms with van der Waals surface area (Å²) in [5.74, 6) is -1.06. The van der Waals surface area contributed by atoms with Crippen LogP contribution in [0.25, 0.3) is 0 Å². The molecule has 5 nitrogen and oxygen atoms in total. The van der Waals surface area contributed by atoms with Crippen molar-refractivity contribution in [2.45, 2.75) is 11.8 Å². The average Bonchev–Trinajstić information content (AvgIpc) is 2.55. The van der Waals surface area contributed by atoms with Gasteiger partial charge in [-0.2, -0.15) is 0 Å². The van der Waals surface area contributed by atoms with E-state index in [1.165, 1.54) is 42.5 Å². The Morgan fingerprint density at radius 1 is 1.21 bits per heavy atom. The number of sulfonamides is 1. The third-order valence-electron chi connectivity index (χ3n) is 3.22. The monoisotopic (exact) mass is 348 g/mol. The lowest BCUT2D eigenvalue weighted by molar-refractivity contribution is 0.102. The third kappa shape index (κ3) is 4.27. The van der Waals surface area contributed by atoms with E-state index in [9.17, 15) is 17.6 Å². The van der Waals surface area contributed by atoms with Gasteiger partial charge in [0.25, 0.3) is 5.91 Å². The third-order valence-corrected chi connectivity index (χ3v) is 4.66. The van der Waals surface area contributed by atoms with Crippen molar-refractivity contribution < 1.29 is 17.6 Å². The largest absolute Gasteiger partial charge is 0.319 e. The summed E-state index contributed by atoms with van der Waals surface area (Å²) in [5.41, 5.74) is 1.03. The second-order valence-corrected chi connectivity index (χ2v) is 6.87. The molecule has 126 valence electrons. The normalized spacial score (nSPS) is 11.1. The SMILES string of the molecule is C=CCNS(=O)(=O)c1ccc(C(=O)Nc2ccc(C)cc2F)cc1. The highest BCUT2D eigenvalue weighted by Crippen LogP contribution is 2.17. The van der Waals surface area contributed by atoms with Gasteiger partial charge in [-0.1, -0.05) is 12.1 Å². The molecule has 1 amide bonds. The van der Waals surface area contributed by atoms with E-state index >= 15 is 0 Å². The van der Waals surface area contributed by atoms with Crippen LogP contribution < -0.4 is 10.0 Å². The van der Waals surface area contributed by atoms with Gasteiger partial charge in [-0.3, -0.25) is 4.79 Å². The Bertz CT molecular complexity index is 862. The quantitative estimate of drug-likeness (QED) is 0.788. The molecule has 0 aromatic heterocycles. The molecule has 24 heavy (non-hydrogen) atoms. The van der Waals surface area contributed by atoms with Crippen LogP contribution in [0.5, 0.6) is 0 Å². The molecule has 2 aromatic carbocycles. The van der Waals surface area contributed by atoms with E-state index in [-0.39, 0.29) is 22.7 Å². The average molecular weight is 348 g/mol. The van der Waals surface area contributed by atoms with E-state index in [2.05, 4.69) is 16.6 Å². The van der Waals surface area contributed by atoms with Crippen molar-refractivity contribution in [3.8, 4) is 0 Å². The van der Waals surface area contributed by atoms with Crippen LogP contribution in [0, 0.1) is 12.7 Å². The van der Waals surface area contributed by atoms with Crippen LogP contribution in [0.3, 0.4) is 0 Å². The highest BCUT2D eigenvalue weighted by atomic mass is 32.2. The maximum absolute atomic E-state index is 13.8. The maximum atomic E-state index is 13.8. The summed E-state index contributed by atoms with van der Waals surface area (Å²) in [6.07, 6.45) is 1.43. The predicted octanol–water partition coefficient (Wildman–Crippen LogP) is 2.85. The first-order chi connectivity index (χ1) is 11.3. The Labute approximate surface area is 140 Å². The second kappa shape index (κ2) is 7.37. The molecule has 0 aliphatic heterocycles. The predicted molar refractivity (Wildman–Crippen MR) is 90.9 cm³/mol. The molecule has 0 saturated heterocycles. The smallest absolute Gasteiger partial charge is 0.255 e. The molecule has 0 radical (unpaired) electrons. The minimum Gasteiger partial charge on any atom is -0.319 e. The molecule has 0 unspecified atom stereocenters. The molecule has 0 heterocycles. The van der Waals surface area contributed by atoms with Gasteiger partial charge in [0.15, 0.2) is 0 Å². The van der Waals surface area contributed by atoms with Gasteiger partial charge in [-0.15, -0.1) is 6.58 Å². The first-order valence-corrected chi connectivity index (χ1v) is 8.60. The zero-order valence-electron chi connectivity index (χ0n) is 13.0. The summed E-state index contributed by atoms with van der Waals surface area (Å²) < 4.78 is 39.9. The van der Waals surface area contributed by atoms with Gasteiger partial charge in [0, 0.05) is 12.1 Å². The molecule has 2 aromatic rings. The van der Waals surface area contributed by atoms with E-state index < -0.39 is 21.7 Å². The number of rotatable bonds is 6. The number of carbonyl (C=O) groups is 1. The van der Waals surface area contributed by atoms with Gasteiger partial charge in [0.2, 0.25) is 10.0 Å². The molecule has 0 fully saturated rings. The Kier molecular flexibility index (Phi) is 5.48. The fourth-order valence-corrected chi connectivity index (χ4v) is 2.95. The molecule has 0 spiro atoms. The van der Waals surface area contributed by atoms with Gasteiger partial charge in [-0.05, 0) is 48.9 Å². The zero-order chi connectivity index (χ0) is 17.7. The summed E-state index contributed by atoms with van der Waals surface area (Å²) in [6, 6.07) is 9.82. The van der Waals surface area contributed by atoms with Gasteiger partial charge < -0.3 is 5.32 Å². The Hall–Kier alpha value is -2.51. The van der Waals surface area contributed by atoms with Crippen LogP contribution in [0.4, 0.5) is 10.1 Å². The van der Waals surface area contributed by atoms with E-state index in [1.54, 1.807) is 13.0 Å². The first-order valence-electron chi connectivity index (χ1n) is 7.11. The molecule has 7 heteroatoms. The molecule has 0 aliphatic rings. The number of carbonyl (C=O) groups excluding carboxylic acids is 1. The minimum absolute atomic E-state index is 0.0300. The number of hydrogen-bond donors (Lipinski definition) is 2. The molecular formula is C17H17FN2O3S. The number of amides is 1. The molecule has 0 aliphatic carbocycles. The summed E-state index contributed by atoms with van der Waals surface area (Å²) in [4.78, 5) is 12.2. The molecule has 0 bridgehead atoms. The molecule has 2 N–H and O–H groups in total. The number of anilines is 1. The zero-order valence-corrected chi connectivity index (χ0v) is 13.9. The van der Waals surface area contributed by atoms with E-state index in [1.807, 2.05) is 0 Å². The second-order valence-electron chi connectivity index (χ2n) is 5.10. The Morgan fingerprint density at radius 2 is 1.88 bits per heavy atom. The fourth-order valence-electron chi connectivity index (χ4n) is 1.95. The highest BCUT2D eigenvalue weighted by molar-refractivity contribution is 7.89. The standard InChI is InChI=1S/C17H17FN2O3S/c1-3-10-19-24(22,23)14-7-5-13(6-8-14)17(21)20-16-9-4-12(2)11-15(16)18/h3-9,11,19H,1,10H2,2H3,(H,20,21). The van der Waals surface area contributed by atoms with Crippen molar-refractivity contribution in [2.24, 2.45) is 0 Å². The molecule has 2 rings (SSSR count). The van der Waals surface area contributed by atoms with Gasteiger partial charge in [-0.25, -0.2) is 17.5 Å². The molecular weight excluding hydrogens is 331 g/mol. The Balaban J connectivity index is 2.15. The van der Waals surface area contributed by atoms with Crippen LogP contribution in [0.1, 0.15) is 15.9 Å². The molecule has 0 atom stereocenters. The summed E-state index contributed by atoms with van der Waals surface area (Å²) in [7, 11) is -3.65. The van der Waals surface area contributed by atoms with Crippen LogP contribution >= 0.6 is 0 Å². The molecule has 0 saturated carbocycles. The van der Waals surface area contributed by atoms with Crippen molar-refractivity contribution in [1.29, 1.82) is 0 Å². The van der Waals surface area contributed by atoms with Crippen molar-refractivity contribution >= 4 is 21.6 Å². The Morgan fingerprint density at radius 3 is 2.46 bits per heavy atom. The minimum atomic E-state index is -3.65. The lowest BCUT2D eigenvalue weighted by atomic mass is 10.2. The van der Waals surface area contributed by atoms with Crippen LogP contribution in [0.15, 0.2) is 60.0 Å². The summed E-state index contributed by atoms with van der Waals surface area (Å²) in [5, 5.41) is 2.45. The van der Waals surface area contributed by atoms with Crippen molar-refractivity contribution in [3.05, 3.63) is 72.1 Å². The maximum Gasteiger partial charge on any atom is 0.255 e. The van der Waals surface area contributed by atoms with Gasteiger partial charge in [0.1, 0.15) is 5.82 Å². The summed E-state index contributed by atoms with van der Waals surface area (Å²) >= 11 is 0. The van der Waals surface area contributed by atoms with Crippen molar-refractivity contribution in [2.75, 3.05) is 11.9 Å². The number of aryl methyl sites for hydroxylation is 1. The number of benzene rings is 2. The van der Waals surface area contributed by atoms with Crippen molar-refractivity contribution in [1.82, 2.24) is 4.72 Å². The van der Waals surface area contributed by atoms with Crippen molar-refractivity contribution in [3.63, 3.8) is 0 Å². The topological polar surface area (TPSA) is 75.3 Å². The lowest BCUT2D eigenvalue weighted by Gasteiger charge is -2.08. The lowest BCUT2D eigenvalue weighted by Crippen LogP contribution is -2.23. The van der Waals surface area contributed by atoms with E-state index in [4.69, 9.17) is 0 Å². The van der Waals surface area contributed by atoms with E-state index in [0.717, 1.165) is 5.56 Å². The van der Waals surface area contributed by atoms with Crippen LogP contribution in [-0.4, -0.2) is 20.9 Å². The van der Waals surface area contributed by atoms with Crippen LogP contribution in [-0.2, 0) is 10.0 Å². The van der Waals surface area contributed by atoms with Gasteiger partial charge >= 0.3 is 0 Å². The number of nitrogens with one attached hydrogen (secondary N) is 2. The highest BCUT2D eigenvalue weighted by Gasteiger charge is 2.14. The fraction of sp³-hybridized carbons (Fsp3) is 0.118. The number of halogens is 1. The first kappa shape index (κ1) is 17.8.